The van der Waals surface area contributed by atoms with E-state index in [1.807, 2.05) is 0 Å². The average Bonchev–Trinajstić information content (AvgIpc) is 3.12. The van der Waals surface area contributed by atoms with Crippen LogP contribution in [0.25, 0.3) is 11.2 Å². The number of aromatic nitrogens is 4. The quantitative estimate of drug-likeness (QED) is 0.595. The van der Waals surface area contributed by atoms with E-state index in [9.17, 15) is 4.79 Å². The summed E-state index contributed by atoms with van der Waals surface area (Å²) in [5.74, 6) is 0.317. The Kier molecular flexibility index (Phi) is 3.42. The molecule has 1 unspecified atom stereocenters. The Morgan fingerprint density at radius 3 is 3.14 bits per heavy atom. The van der Waals surface area contributed by atoms with Crippen LogP contribution in [0.2, 0.25) is 0 Å². The van der Waals surface area contributed by atoms with Gasteiger partial charge in [0.1, 0.15) is 0 Å². The Morgan fingerprint density at radius 1 is 1.57 bits per heavy atom. The molecule has 9 nitrogen and oxygen atoms in total. The summed E-state index contributed by atoms with van der Waals surface area (Å²) in [7, 11) is 0. The van der Waals surface area contributed by atoms with Crippen LogP contribution in [0, 0.1) is 0 Å². The molecule has 3 heterocycles. The highest BCUT2D eigenvalue weighted by atomic mass is 16.5. The van der Waals surface area contributed by atoms with E-state index in [4.69, 9.17) is 20.0 Å². The number of hydrogen-bond acceptors (Lipinski definition) is 7. The highest BCUT2D eigenvalue weighted by molar-refractivity contribution is 5.69. The van der Waals surface area contributed by atoms with Gasteiger partial charge in [-0.2, -0.15) is 4.98 Å². The molecule has 3 aromatic rings. The van der Waals surface area contributed by atoms with Crippen molar-refractivity contribution < 1.29 is 14.3 Å². The fourth-order valence-corrected chi connectivity index (χ4v) is 2.02. The van der Waals surface area contributed by atoms with E-state index in [-0.39, 0.29) is 30.3 Å². The van der Waals surface area contributed by atoms with E-state index in [0.717, 1.165) is 4.57 Å². The maximum absolute atomic E-state index is 12.5. The smallest absolute Gasteiger partial charge is 0.283 e. The summed E-state index contributed by atoms with van der Waals surface area (Å²) in [6, 6.07) is 3.30. The summed E-state index contributed by atoms with van der Waals surface area (Å²) in [4.78, 5) is 23.2. The minimum Gasteiger partial charge on any atom is -0.465 e. The van der Waals surface area contributed by atoms with Gasteiger partial charge >= 0.3 is 0 Å². The van der Waals surface area contributed by atoms with Crippen molar-refractivity contribution in [1.29, 1.82) is 0 Å². The third kappa shape index (κ3) is 2.28. The molecule has 9 heteroatoms. The Labute approximate surface area is 118 Å². The van der Waals surface area contributed by atoms with Gasteiger partial charge in [-0.05, 0) is 12.1 Å². The van der Waals surface area contributed by atoms with E-state index in [1.54, 1.807) is 12.1 Å². The Hall–Kier alpha value is -2.65. The molecule has 0 bridgehead atoms. The van der Waals surface area contributed by atoms with Crippen molar-refractivity contribution in [2.24, 2.45) is 0 Å². The maximum atomic E-state index is 12.5. The zero-order valence-electron chi connectivity index (χ0n) is 10.9. The third-order valence-electron chi connectivity index (χ3n) is 2.91. The van der Waals surface area contributed by atoms with Crippen molar-refractivity contribution in [3.05, 3.63) is 40.8 Å². The Balaban J connectivity index is 2.16. The van der Waals surface area contributed by atoms with Crippen molar-refractivity contribution in [1.82, 2.24) is 19.5 Å². The number of nitrogens with two attached hydrogens (primary N) is 1. The second-order valence-electron chi connectivity index (χ2n) is 4.21. The lowest BCUT2D eigenvalue weighted by Crippen LogP contribution is -2.31. The van der Waals surface area contributed by atoms with Crippen LogP contribution in [0.4, 0.5) is 5.95 Å². The first-order chi connectivity index (χ1) is 10.2. The van der Waals surface area contributed by atoms with Crippen molar-refractivity contribution in [2.45, 2.75) is 6.23 Å². The second kappa shape index (κ2) is 5.38. The van der Waals surface area contributed by atoms with Gasteiger partial charge in [0.05, 0.1) is 25.8 Å². The van der Waals surface area contributed by atoms with E-state index in [2.05, 4.69) is 15.0 Å². The number of imidazole rings is 1. The summed E-state index contributed by atoms with van der Waals surface area (Å²) in [5, 5.41) is 8.93. The maximum Gasteiger partial charge on any atom is 0.283 e. The number of anilines is 1. The average molecular weight is 291 g/mol. The van der Waals surface area contributed by atoms with Crippen LogP contribution in [-0.2, 0) is 4.74 Å². The number of aliphatic hydroxyl groups excluding tert-OH is 1. The number of nitrogen functional groups attached to an aromatic ring is 1. The van der Waals surface area contributed by atoms with Gasteiger partial charge < -0.3 is 25.0 Å². The molecule has 0 spiro atoms. The predicted molar refractivity (Wildman–Crippen MR) is 72.4 cm³/mol. The molecule has 3 aromatic heterocycles. The summed E-state index contributed by atoms with van der Waals surface area (Å²) in [6.07, 6.45) is 1.90. The molecule has 0 amide bonds. The van der Waals surface area contributed by atoms with Crippen LogP contribution < -0.4 is 11.3 Å². The lowest BCUT2D eigenvalue weighted by Gasteiger charge is -2.19. The predicted octanol–water partition coefficient (Wildman–Crippen LogP) is -0.149. The third-order valence-corrected chi connectivity index (χ3v) is 2.91. The molecule has 0 fully saturated rings. The highest BCUT2D eigenvalue weighted by Gasteiger charge is 2.23. The fourth-order valence-electron chi connectivity index (χ4n) is 2.02. The molecule has 21 heavy (non-hydrogen) atoms. The molecule has 3 rings (SSSR count). The number of ether oxygens (including phenoxy) is 1. The van der Waals surface area contributed by atoms with Crippen molar-refractivity contribution in [2.75, 3.05) is 18.9 Å². The van der Waals surface area contributed by atoms with Gasteiger partial charge in [0.25, 0.3) is 5.56 Å². The van der Waals surface area contributed by atoms with E-state index < -0.39 is 11.8 Å². The lowest BCUT2D eigenvalue weighted by molar-refractivity contribution is -0.00221. The Morgan fingerprint density at radius 2 is 2.43 bits per heavy atom. The fraction of sp³-hybridized carbons (Fsp3) is 0.250. The first-order valence-corrected chi connectivity index (χ1v) is 6.19. The molecular formula is C12H13N5O4. The molecular weight excluding hydrogens is 278 g/mol. The summed E-state index contributed by atoms with van der Waals surface area (Å²) in [6.45, 7) is -0.191. The zero-order valence-corrected chi connectivity index (χ0v) is 10.9. The molecule has 0 aliphatic heterocycles. The first kappa shape index (κ1) is 13.3. The molecule has 0 saturated carbocycles. The van der Waals surface area contributed by atoms with Crippen molar-refractivity contribution in [3.63, 3.8) is 0 Å². The van der Waals surface area contributed by atoms with Crippen molar-refractivity contribution >= 4 is 17.1 Å². The largest absolute Gasteiger partial charge is 0.465 e. The van der Waals surface area contributed by atoms with Crippen LogP contribution in [0.5, 0.6) is 0 Å². The molecule has 0 aliphatic rings. The number of aliphatic hydroxyl groups is 1. The molecule has 0 saturated heterocycles. The van der Waals surface area contributed by atoms with Gasteiger partial charge in [-0.25, -0.2) is 9.55 Å². The van der Waals surface area contributed by atoms with Gasteiger partial charge in [-0.15, -0.1) is 0 Å². The van der Waals surface area contributed by atoms with Crippen LogP contribution in [0.15, 0.2) is 33.9 Å². The molecule has 0 aliphatic carbocycles. The topological polar surface area (TPSA) is 132 Å². The first-order valence-electron chi connectivity index (χ1n) is 6.19. The van der Waals surface area contributed by atoms with Gasteiger partial charge in [0.2, 0.25) is 5.95 Å². The number of hydrogen-bond donors (Lipinski definition) is 3. The molecule has 0 aromatic carbocycles. The number of aromatic amines is 1. The van der Waals surface area contributed by atoms with Crippen LogP contribution in [-0.4, -0.2) is 37.8 Å². The second-order valence-corrected chi connectivity index (χ2v) is 4.21. The van der Waals surface area contributed by atoms with Crippen LogP contribution >= 0.6 is 0 Å². The summed E-state index contributed by atoms with van der Waals surface area (Å²) >= 11 is 0. The molecule has 0 radical (unpaired) electrons. The number of rotatable bonds is 5. The summed E-state index contributed by atoms with van der Waals surface area (Å²) in [5.41, 5.74) is 5.85. The van der Waals surface area contributed by atoms with Gasteiger partial charge in [-0.3, -0.25) is 4.79 Å². The monoisotopic (exact) mass is 291 g/mol. The standard InChI is InChI=1S/C12H13N5O4/c13-12-16-9-8(14-6-15-9)10(19)17(12)11(21-5-3-18)7-2-1-4-20-7/h1-2,4,6,11,18H,3,5H2,(H2,13,16)(H,14,15). The minimum absolute atomic E-state index is 0.0122. The minimum atomic E-state index is -0.917. The normalized spacial score (nSPS) is 12.8. The van der Waals surface area contributed by atoms with E-state index >= 15 is 0 Å². The Bertz CT molecular complexity index is 792. The van der Waals surface area contributed by atoms with Crippen LogP contribution in [0.1, 0.15) is 12.0 Å². The molecule has 4 N–H and O–H groups in total. The number of nitrogens with one attached hydrogen (secondary N) is 1. The molecule has 110 valence electrons. The number of H-pyrrole nitrogens is 1. The number of fused-ring (bicyclic) bond motifs is 1. The van der Waals surface area contributed by atoms with E-state index in [1.165, 1.54) is 12.6 Å². The van der Waals surface area contributed by atoms with Gasteiger partial charge in [0.15, 0.2) is 23.2 Å². The highest BCUT2D eigenvalue weighted by Crippen LogP contribution is 2.21. The van der Waals surface area contributed by atoms with Gasteiger partial charge in [-0.1, -0.05) is 0 Å². The summed E-state index contributed by atoms with van der Waals surface area (Å²) < 4.78 is 11.9. The van der Waals surface area contributed by atoms with Crippen LogP contribution in [0.3, 0.4) is 0 Å². The number of nitrogens with zero attached hydrogens (tertiary/aromatic N) is 3. The van der Waals surface area contributed by atoms with Gasteiger partial charge in [0, 0.05) is 0 Å². The number of furan rings is 1. The lowest BCUT2D eigenvalue weighted by atomic mass is 10.3. The zero-order chi connectivity index (χ0) is 14.8. The molecule has 1 atom stereocenters. The SMILES string of the molecule is Nc1nc2nc[nH]c2c(=O)n1C(OCCO)c1ccco1. The van der Waals surface area contributed by atoms with Crippen molar-refractivity contribution in [3.8, 4) is 0 Å². The van der Waals surface area contributed by atoms with E-state index in [0.29, 0.717) is 5.76 Å².